The summed E-state index contributed by atoms with van der Waals surface area (Å²) in [6, 6.07) is 14.0. The molecule has 1 amide bonds. The van der Waals surface area contributed by atoms with Gasteiger partial charge in [-0.15, -0.1) is 0 Å². The first-order valence-electron chi connectivity index (χ1n) is 8.82. The molecule has 2 aromatic carbocycles. The van der Waals surface area contributed by atoms with Crippen LogP contribution >= 0.6 is 11.6 Å². The molecular formula is C20H17ClN4O3. The van der Waals surface area contributed by atoms with Gasteiger partial charge in [-0.05, 0) is 35.9 Å². The quantitative estimate of drug-likeness (QED) is 0.496. The van der Waals surface area contributed by atoms with Crippen molar-refractivity contribution in [3.05, 3.63) is 75.4 Å². The lowest BCUT2D eigenvalue weighted by molar-refractivity contribution is -0.383. The Labute approximate surface area is 166 Å². The van der Waals surface area contributed by atoms with E-state index in [1.54, 1.807) is 29.3 Å². The van der Waals surface area contributed by atoms with Crippen LogP contribution in [0.3, 0.4) is 0 Å². The van der Waals surface area contributed by atoms with E-state index in [9.17, 15) is 14.9 Å². The van der Waals surface area contributed by atoms with Crippen LogP contribution in [0.2, 0.25) is 5.02 Å². The van der Waals surface area contributed by atoms with Crippen LogP contribution in [-0.4, -0.2) is 40.3 Å². The summed E-state index contributed by atoms with van der Waals surface area (Å²) in [5, 5.41) is 12.4. The Kier molecular flexibility index (Phi) is 4.83. The first-order chi connectivity index (χ1) is 13.5. The van der Waals surface area contributed by atoms with Crippen molar-refractivity contribution in [3.63, 3.8) is 0 Å². The van der Waals surface area contributed by atoms with Gasteiger partial charge >= 0.3 is 0 Å². The molecule has 1 aliphatic heterocycles. The van der Waals surface area contributed by atoms with Crippen LogP contribution < -0.4 is 4.90 Å². The van der Waals surface area contributed by atoms with Crippen LogP contribution in [0.4, 0.5) is 11.4 Å². The van der Waals surface area contributed by atoms with Gasteiger partial charge in [0, 0.05) is 36.9 Å². The zero-order valence-corrected chi connectivity index (χ0v) is 15.7. The summed E-state index contributed by atoms with van der Waals surface area (Å²) in [7, 11) is 0. The van der Waals surface area contributed by atoms with Gasteiger partial charge < -0.3 is 9.80 Å². The third-order valence-electron chi connectivity index (χ3n) is 4.87. The number of pyridine rings is 1. The minimum absolute atomic E-state index is 0.00336. The maximum absolute atomic E-state index is 12.7. The van der Waals surface area contributed by atoms with Crippen molar-refractivity contribution in [3.8, 4) is 0 Å². The van der Waals surface area contributed by atoms with E-state index < -0.39 is 4.92 Å². The number of piperazine rings is 1. The average Bonchev–Trinajstić information content (AvgIpc) is 2.70. The highest BCUT2D eigenvalue weighted by atomic mass is 35.5. The second-order valence-electron chi connectivity index (χ2n) is 6.62. The van der Waals surface area contributed by atoms with Crippen LogP contribution in [-0.2, 0) is 11.3 Å². The number of aromatic nitrogens is 1. The zero-order chi connectivity index (χ0) is 19.7. The molecule has 1 fully saturated rings. The molecule has 0 saturated carbocycles. The molecule has 0 spiro atoms. The molecule has 1 aromatic heterocycles. The Bertz CT molecular complexity index is 1060. The van der Waals surface area contributed by atoms with Gasteiger partial charge in [0.05, 0.1) is 22.5 Å². The molecule has 1 aliphatic rings. The smallest absolute Gasteiger partial charge is 0.278 e. The average molecular weight is 397 g/mol. The van der Waals surface area contributed by atoms with Gasteiger partial charge in [-0.1, -0.05) is 23.7 Å². The van der Waals surface area contributed by atoms with E-state index in [2.05, 4.69) is 4.98 Å². The van der Waals surface area contributed by atoms with E-state index in [-0.39, 0.29) is 18.1 Å². The Hall–Kier alpha value is -3.19. The van der Waals surface area contributed by atoms with Crippen molar-refractivity contribution in [1.29, 1.82) is 0 Å². The largest absolute Gasteiger partial charge is 0.359 e. The predicted molar refractivity (Wildman–Crippen MR) is 107 cm³/mol. The van der Waals surface area contributed by atoms with Gasteiger partial charge in [-0.2, -0.15) is 0 Å². The lowest BCUT2D eigenvalue weighted by Gasteiger charge is -2.36. The third kappa shape index (κ3) is 3.48. The molecule has 7 nitrogen and oxygen atoms in total. The Balaban J connectivity index is 1.56. The zero-order valence-electron chi connectivity index (χ0n) is 14.9. The van der Waals surface area contributed by atoms with Gasteiger partial charge in [0.2, 0.25) is 5.91 Å². The summed E-state index contributed by atoms with van der Waals surface area (Å²) >= 11 is 5.91. The van der Waals surface area contributed by atoms with E-state index in [1.165, 1.54) is 6.07 Å². The monoisotopic (exact) mass is 396 g/mol. The molecule has 0 bridgehead atoms. The number of carbonyl (C=O) groups is 1. The number of nitro benzene ring substituents is 1. The number of hydrogen-bond acceptors (Lipinski definition) is 5. The SMILES string of the molecule is O=C1CN(c2ccc([N+](=O)[O-])c3cccnc23)CCN1Cc1ccc(Cl)cc1. The number of fused-ring (bicyclic) bond motifs is 1. The minimum atomic E-state index is -0.414. The molecule has 4 rings (SSSR count). The van der Waals surface area contributed by atoms with E-state index in [0.717, 1.165) is 11.3 Å². The number of carbonyl (C=O) groups excluding carboxylic acids is 1. The van der Waals surface area contributed by atoms with Crippen LogP contribution in [0.1, 0.15) is 5.56 Å². The third-order valence-corrected chi connectivity index (χ3v) is 5.12. The van der Waals surface area contributed by atoms with Gasteiger partial charge in [0.15, 0.2) is 0 Å². The summed E-state index contributed by atoms with van der Waals surface area (Å²) < 4.78 is 0. The van der Waals surface area contributed by atoms with Crippen molar-refractivity contribution in [1.82, 2.24) is 9.88 Å². The minimum Gasteiger partial charge on any atom is -0.359 e. The number of nitrogens with zero attached hydrogens (tertiary/aromatic N) is 4. The molecule has 0 aliphatic carbocycles. The molecular weight excluding hydrogens is 380 g/mol. The Morgan fingerprint density at radius 3 is 2.61 bits per heavy atom. The molecule has 0 atom stereocenters. The van der Waals surface area contributed by atoms with Crippen LogP contribution in [0.25, 0.3) is 10.9 Å². The molecule has 0 N–H and O–H groups in total. The molecule has 1 saturated heterocycles. The van der Waals surface area contributed by atoms with E-state index in [4.69, 9.17) is 11.6 Å². The van der Waals surface area contributed by atoms with E-state index in [1.807, 2.05) is 29.2 Å². The first-order valence-corrected chi connectivity index (χ1v) is 9.20. The highest BCUT2D eigenvalue weighted by molar-refractivity contribution is 6.30. The van der Waals surface area contributed by atoms with Gasteiger partial charge in [-0.3, -0.25) is 19.9 Å². The fourth-order valence-electron chi connectivity index (χ4n) is 3.45. The van der Waals surface area contributed by atoms with Crippen LogP contribution in [0.5, 0.6) is 0 Å². The van der Waals surface area contributed by atoms with Gasteiger partial charge in [-0.25, -0.2) is 0 Å². The Morgan fingerprint density at radius 2 is 1.89 bits per heavy atom. The van der Waals surface area contributed by atoms with Gasteiger partial charge in [0.1, 0.15) is 5.52 Å². The fraction of sp³-hybridized carbons (Fsp3) is 0.200. The molecule has 8 heteroatoms. The number of hydrogen-bond donors (Lipinski definition) is 0. The van der Waals surface area contributed by atoms with Crippen LogP contribution in [0.15, 0.2) is 54.7 Å². The summed E-state index contributed by atoms with van der Waals surface area (Å²) in [5.41, 5.74) is 2.31. The number of anilines is 1. The second-order valence-corrected chi connectivity index (χ2v) is 7.06. The standard InChI is InChI=1S/C20H17ClN4O3/c21-15-5-3-14(4-6-15)12-24-11-10-23(13-19(24)26)18-8-7-17(25(27)28)16-2-1-9-22-20(16)18/h1-9H,10-13H2. The summed E-state index contributed by atoms with van der Waals surface area (Å²) in [5.74, 6) is 0.00336. The number of nitro groups is 1. The number of amides is 1. The highest BCUT2D eigenvalue weighted by Gasteiger charge is 2.26. The van der Waals surface area contributed by atoms with Crippen LogP contribution in [0, 0.1) is 10.1 Å². The first kappa shape index (κ1) is 18.2. The highest BCUT2D eigenvalue weighted by Crippen LogP contribution is 2.32. The fourth-order valence-corrected chi connectivity index (χ4v) is 3.57. The molecule has 142 valence electrons. The van der Waals surface area contributed by atoms with Crippen molar-refractivity contribution in [2.45, 2.75) is 6.54 Å². The van der Waals surface area contributed by atoms with E-state index >= 15 is 0 Å². The summed E-state index contributed by atoms with van der Waals surface area (Å²) in [6.45, 7) is 1.93. The lowest BCUT2D eigenvalue weighted by atomic mass is 10.1. The number of halogens is 1. The molecule has 2 heterocycles. The summed E-state index contributed by atoms with van der Waals surface area (Å²) in [4.78, 5) is 31.6. The van der Waals surface area contributed by atoms with E-state index in [0.29, 0.717) is 35.6 Å². The topological polar surface area (TPSA) is 79.6 Å². The normalized spacial score (nSPS) is 14.5. The molecule has 28 heavy (non-hydrogen) atoms. The molecule has 0 radical (unpaired) electrons. The summed E-state index contributed by atoms with van der Waals surface area (Å²) in [6.07, 6.45) is 1.61. The van der Waals surface area contributed by atoms with Crippen molar-refractivity contribution >= 4 is 39.8 Å². The van der Waals surface area contributed by atoms with Crippen molar-refractivity contribution in [2.75, 3.05) is 24.5 Å². The van der Waals surface area contributed by atoms with Crippen molar-refractivity contribution in [2.24, 2.45) is 0 Å². The maximum Gasteiger partial charge on any atom is 0.278 e. The maximum atomic E-state index is 12.7. The van der Waals surface area contributed by atoms with Gasteiger partial charge in [0.25, 0.3) is 5.69 Å². The number of rotatable bonds is 4. The van der Waals surface area contributed by atoms with Crippen molar-refractivity contribution < 1.29 is 9.72 Å². The predicted octanol–water partition coefficient (Wildman–Crippen LogP) is 3.65. The Morgan fingerprint density at radius 1 is 1.11 bits per heavy atom. The molecule has 0 unspecified atom stereocenters. The number of non-ortho nitro benzene ring substituents is 1. The molecule has 3 aromatic rings. The number of benzene rings is 2. The second kappa shape index (κ2) is 7.44. The lowest BCUT2D eigenvalue weighted by Crippen LogP contribution is -2.50.